The Labute approximate surface area is 190 Å². The van der Waals surface area contributed by atoms with Gasteiger partial charge in [-0.05, 0) is 31.9 Å². The van der Waals surface area contributed by atoms with Crippen LogP contribution in [-0.4, -0.2) is 57.3 Å². The molecule has 4 heterocycles. The molecule has 0 aromatic carbocycles. The Balaban J connectivity index is 1.50. The maximum atomic E-state index is 13.4. The average Bonchev–Trinajstić information content (AvgIpc) is 3.48. The Bertz CT molecular complexity index is 1060. The standard InChI is InChI=1S/C22H26N6O3S/c1-3-18(29)25-16-7-11-27(12-8-16)14-19(30)28(20-5-4-15(2)31-20)17-6-9-23-21(26-17)22-24-10-13-32-22/h4-6,9-10,13,16H,3,7-8,11-12,14H2,1-2H3,(H,25,29). The zero-order valence-corrected chi connectivity index (χ0v) is 19.0. The Hall–Kier alpha value is -3.11. The number of piperidine rings is 1. The molecule has 3 aromatic rings. The van der Waals surface area contributed by atoms with Gasteiger partial charge in [0.25, 0.3) is 0 Å². The van der Waals surface area contributed by atoms with Gasteiger partial charge >= 0.3 is 0 Å². The molecule has 1 fully saturated rings. The quantitative estimate of drug-likeness (QED) is 0.585. The van der Waals surface area contributed by atoms with E-state index in [4.69, 9.17) is 4.42 Å². The summed E-state index contributed by atoms with van der Waals surface area (Å²) >= 11 is 1.44. The van der Waals surface area contributed by atoms with E-state index in [0.29, 0.717) is 34.7 Å². The van der Waals surface area contributed by atoms with Gasteiger partial charge in [0, 0.05) is 49.4 Å². The van der Waals surface area contributed by atoms with E-state index >= 15 is 0 Å². The minimum absolute atomic E-state index is 0.0682. The van der Waals surface area contributed by atoms with Gasteiger partial charge in [0.05, 0.1) is 6.54 Å². The summed E-state index contributed by atoms with van der Waals surface area (Å²) < 4.78 is 5.78. The van der Waals surface area contributed by atoms with Crippen LogP contribution in [0.4, 0.5) is 11.7 Å². The number of anilines is 2. The van der Waals surface area contributed by atoms with Crippen molar-refractivity contribution in [3.63, 3.8) is 0 Å². The largest absolute Gasteiger partial charge is 0.445 e. The summed E-state index contributed by atoms with van der Waals surface area (Å²) in [6.07, 6.45) is 5.44. The average molecular weight is 455 g/mol. The Morgan fingerprint density at radius 2 is 2.03 bits per heavy atom. The van der Waals surface area contributed by atoms with E-state index < -0.39 is 0 Å². The first-order chi connectivity index (χ1) is 15.5. The fraction of sp³-hybridized carbons (Fsp3) is 0.409. The number of nitrogens with zero attached hydrogens (tertiary/aromatic N) is 5. The maximum absolute atomic E-state index is 13.4. The molecule has 2 amide bonds. The summed E-state index contributed by atoms with van der Waals surface area (Å²) in [5, 5.41) is 5.59. The van der Waals surface area contributed by atoms with E-state index in [-0.39, 0.29) is 24.4 Å². The van der Waals surface area contributed by atoms with Crippen LogP contribution < -0.4 is 10.2 Å². The maximum Gasteiger partial charge on any atom is 0.249 e. The highest BCUT2D eigenvalue weighted by Crippen LogP contribution is 2.28. The van der Waals surface area contributed by atoms with E-state index in [0.717, 1.165) is 25.9 Å². The lowest BCUT2D eigenvalue weighted by atomic mass is 10.0. The van der Waals surface area contributed by atoms with Gasteiger partial charge in [0.15, 0.2) is 10.8 Å². The van der Waals surface area contributed by atoms with Crippen LogP contribution in [0.15, 0.2) is 40.4 Å². The second-order valence-corrected chi connectivity index (χ2v) is 8.56. The molecule has 0 bridgehead atoms. The van der Waals surface area contributed by atoms with E-state index in [2.05, 4.69) is 25.2 Å². The molecule has 0 radical (unpaired) electrons. The summed E-state index contributed by atoms with van der Waals surface area (Å²) in [7, 11) is 0. The fourth-order valence-corrected chi connectivity index (χ4v) is 4.22. The number of nitrogens with one attached hydrogen (secondary N) is 1. The molecule has 0 spiro atoms. The van der Waals surface area contributed by atoms with Gasteiger partial charge in [0.1, 0.15) is 11.6 Å². The minimum atomic E-state index is -0.140. The summed E-state index contributed by atoms with van der Waals surface area (Å²) in [4.78, 5) is 41.8. The number of thiazole rings is 1. The summed E-state index contributed by atoms with van der Waals surface area (Å²) in [6, 6.07) is 5.45. The number of carbonyl (C=O) groups is 2. The Morgan fingerprint density at radius 3 is 2.69 bits per heavy atom. The van der Waals surface area contributed by atoms with Gasteiger partial charge in [-0.15, -0.1) is 11.3 Å². The Morgan fingerprint density at radius 1 is 1.22 bits per heavy atom. The van der Waals surface area contributed by atoms with Gasteiger partial charge in [-0.2, -0.15) is 0 Å². The smallest absolute Gasteiger partial charge is 0.249 e. The van der Waals surface area contributed by atoms with Gasteiger partial charge in [-0.25, -0.2) is 19.9 Å². The molecule has 9 nitrogen and oxygen atoms in total. The Kier molecular flexibility index (Phi) is 6.91. The van der Waals surface area contributed by atoms with Crippen LogP contribution in [-0.2, 0) is 9.59 Å². The predicted octanol–water partition coefficient (Wildman–Crippen LogP) is 3.16. The highest BCUT2D eigenvalue weighted by molar-refractivity contribution is 7.13. The number of aryl methyl sites for hydroxylation is 1. The third-order valence-electron chi connectivity index (χ3n) is 5.32. The first kappa shape index (κ1) is 22.1. The molecular weight excluding hydrogens is 428 g/mol. The first-order valence-corrected chi connectivity index (χ1v) is 11.6. The third kappa shape index (κ3) is 5.20. The second-order valence-electron chi connectivity index (χ2n) is 7.66. The topological polar surface area (TPSA) is 104 Å². The molecule has 4 rings (SSSR count). The molecular formula is C22H26N6O3S. The molecule has 32 heavy (non-hydrogen) atoms. The zero-order valence-electron chi connectivity index (χ0n) is 18.2. The van der Waals surface area contributed by atoms with E-state index in [1.54, 1.807) is 24.5 Å². The van der Waals surface area contributed by atoms with Crippen molar-refractivity contribution in [2.75, 3.05) is 24.5 Å². The number of hydrogen-bond donors (Lipinski definition) is 1. The number of likely N-dealkylation sites (tertiary alicyclic amines) is 1. The monoisotopic (exact) mass is 454 g/mol. The summed E-state index contributed by atoms with van der Waals surface area (Å²) in [5.74, 6) is 1.96. The van der Waals surface area contributed by atoms with E-state index in [9.17, 15) is 9.59 Å². The molecule has 0 unspecified atom stereocenters. The number of aromatic nitrogens is 3. The molecule has 10 heteroatoms. The molecule has 168 valence electrons. The van der Waals surface area contributed by atoms with Crippen molar-refractivity contribution in [2.45, 2.75) is 39.2 Å². The van der Waals surface area contributed by atoms with Crippen LogP contribution in [0.5, 0.6) is 0 Å². The molecule has 0 aliphatic carbocycles. The molecule has 1 aliphatic heterocycles. The lowest BCUT2D eigenvalue weighted by Crippen LogP contribution is -2.47. The molecule has 3 aromatic heterocycles. The molecule has 1 aliphatic rings. The van der Waals surface area contributed by atoms with E-state index in [1.165, 1.54) is 16.2 Å². The van der Waals surface area contributed by atoms with Gasteiger partial charge in [0.2, 0.25) is 17.7 Å². The van der Waals surface area contributed by atoms with Crippen LogP contribution >= 0.6 is 11.3 Å². The van der Waals surface area contributed by atoms with Crippen molar-refractivity contribution in [1.29, 1.82) is 0 Å². The fourth-order valence-electron chi connectivity index (χ4n) is 3.64. The molecule has 1 N–H and O–H groups in total. The highest BCUT2D eigenvalue weighted by Gasteiger charge is 2.27. The molecule has 0 atom stereocenters. The molecule has 1 saturated heterocycles. The number of furan rings is 1. The van der Waals surface area contributed by atoms with Crippen molar-refractivity contribution in [1.82, 2.24) is 25.2 Å². The van der Waals surface area contributed by atoms with Crippen molar-refractivity contribution in [3.8, 4) is 10.8 Å². The van der Waals surface area contributed by atoms with Gasteiger partial charge in [-0.3, -0.25) is 14.5 Å². The van der Waals surface area contributed by atoms with Crippen LogP contribution in [0.3, 0.4) is 0 Å². The van der Waals surface area contributed by atoms with Crippen LogP contribution in [0.2, 0.25) is 0 Å². The summed E-state index contributed by atoms with van der Waals surface area (Å²) in [5.41, 5.74) is 0. The number of hydrogen-bond acceptors (Lipinski definition) is 8. The number of carbonyl (C=O) groups excluding carboxylic acids is 2. The van der Waals surface area contributed by atoms with Crippen LogP contribution in [0, 0.1) is 6.92 Å². The summed E-state index contributed by atoms with van der Waals surface area (Å²) in [6.45, 7) is 5.38. The predicted molar refractivity (Wildman–Crippen MR) is 122 cm³/mol. The number of amides is 2. The zero-order chi connectivity index (χ0) is 22.5. The SMILES string of the molecule is CCC(=O)NC1CCN(CC(=O)N(c2ccnc(-c3nccs3)n2)c2ccc(C)o2)CC1. The normalized spacial score (nSPS) is 14.9. The van der Waals surface area contributed by atoms with Crippen LogP contribution in [0.1, 0.15) is 31.9 Å². The van der Waals surface area contributed by atoms with Gasteiger partial charge < -0.3 is 9.73 Å². The van der Waals surface area contributed by atoms with E-state index in [1.807, 2.05) is 25.3 Å². The highest BCUT2D eigenvalue weighted by atomic mass is 32.1. The minimum Gasteiger partial charge on any atom is -0.445 e. The van der Waals surface area contributed by atoms with Crippen molar-refractivity contribution in [3.05, 3.63) is 41.7 Å². The van der Waals surface area contributed by atoms with Gasteiger partial charge in [-0.1, -0.05) is 6.92 Å². The molecule has 0 saturated carbocycles. The van der Waals surface area contributed by atoms with Crippen molar-refractivity contribution < 1.29 is 14.0 Å². The third-order valence-corrected chi connectivity index (χ3v) is 6.09. The lowest BCUT2D eigenvalue weighted by Gasteiger charge is -2.32. The lowest BCUT2D eigenvalue weighted by molar-refractivity contribution is -0.122. The first-order valence-electron chi connectivity index (χ1n) is 10.7. The van der Waals surface area contributed by atoms with Crippen molar-refractivity contribution in [2.24, 2.45) is 0 Å². The number of rotatable bonds is 7. The second kappa shape index (κ2) is 10.0. The van der Waals surface area contributed by atoms with Crippen molar-refractivity contribution >= 4 is 34.9 Å². The van der Waals surface area contributed by atoms with Crippen LogP contribution in [0.25, 0.3) is 10.8 Å².